The molecule has 16 heavy (non-hydrogen) atoms. The predicted molar refractivity (Wildman–Crippen MR) is 62.9 cm³/mol. The van der Waals surface area contributed by atoms with E-state index in [0.29, 0.717) is 11.6 Å². The van der Waals surface area contributed by atoms with E-state index >= 15 is 0 Å². The Morgan fingerprint density at radius 2 is 2.12 bits per heavy atom. The fourth-order valence-corrected chi connectivity index (χ4v) is 1.47. The van der Waals surface area contributed by atoms with Crippen molar-refractivity contribution in [2.75, 3.05) is 25.1 Å². The topological polar surface area (TPSA) is 53.7 Å². The van der Waals surface area contributed by atoms with E-state index in [-0.39, 0.29) is 12.4 Å². The third-order valence-electron chi connectivity index (χ3n) is 2.47. The van der Waals surface area contributed by atoms with Crippen molar-refractivity contribution in [3.05, 3.63) is 17.9 Å². The van der Waals surface area contributed by atoms with Crippen molar-refractivity contribution >= 4 is 11.7 Å². The van der Waals surface area contributed by atoms with Crippen LogP contribution in [0.5, 0.6) is 0 Å². The van der Waals surface area contributed by atoms with Gasteiger partial charge in [0, 0.05) is 33.2 Å². The molecule has 1 N–H and O–H groups in total. The third-order valence-corrected chi connectivity index (χ3v) is 2.47. The highest BCUT2D eigenvalue weighted by Gasteiger charge is 2.09. The van der Waals surface area contributed by atoms with Crippen molar-refractivity contribution in [1.29, 1.82) is 0 Å². The number of furan rings is 1. The summed E-state index contributed by atoms with van der Waals surface area (Å²) in [4.78, 5) is 13.0. The Morgan fingerprint density at radius 1 is 1.38 bits per heavy atom. The molecule has 0 aliphatic rings. The molecule has 4 heteroatoms. The summed E-state index contributed by atoms with van der Waals surface area (Å²) in [6.45, 7) is 2.60. The summed E-state index contributed by atoms with van der Waals surface area (Å²) in [7, 11) is 1.93. The molecule has 0 radical (unpaired) electrons. The lowest BCUT2D eigenvalue weighted by Gasteiger charge is -2.15. The monoisotopic (exact) mass is 225 g/mol. The second-order valence-corrected chi connectivity index (χ2v) is 3.90. The summed E-state index contributed by atoms with van der Waals surface area (Å²) in [5.41, 5.74) is 0. The van der Waals surface area contributed by atoms with Gasteiger partial charge in [0.25, 0.3) is 0 Å². The summed E-state index contributed by atoms with van der Waals surface area (Å²) >= 11 is 0. The van der Waals surface area contributed by atoms with Crippen molar-refractivity contribution in [1.82, 2.24) is 0 Å². The molecule has 0 atom stereocenters. The summed E-state index contributed by atoms with van der Waals surface area (Å²) in [6.07, 6.45) is 2.85. The van der Waals surface area contributed by atoms with Crippen molar-refractivity contribution in [3.8, 4) is 0 Å². The molecular formula is C12H19NO3. The van der Waals surface area contributed by atoms with Gasteiger partial charge < -0.3 is 14.4 Å². The maximum absolute atomic E-state index is 11.0. The van der Waals surface area contributed by atoms with Crippen LogP contribution in [0.3, 0.4) is 0 Å². The summed E-state index contributed by atoms with van der Waals surface area (Å²) in [6, 6.07) is 3.50. The number of carbonyl (C=O) groups is 1. The number of hydrogen-bond donors (Lipinski definition) is 1. The third kappa shape index (κ3) is 3.70. The molecule has 90 valence electrons. The van der Waals surface area contributed by atoms with Gasteiger partial charge in [-0.05, 0) is 25.3 Å². The molecule has 0 amide bonds. The normalized spacial score (nSPS) is 10.4. The number of aliphatic hydroxyl groups excluding tert-OH is 1. The fourth-order valence-electron chi connectivity index (χ4n) is 1.47. The molecule has 1 heterocycles. The molecule has 0 saturated heterocycles. The lowest BCUT2D eigenvalue weighted by atomic mass is 10.2. The van der Waals surface area contributed by atoms with E-state index in [1.807, 2.05) is 18.0 Å². The quantitative estimate of drug-likeness (QED) is 0.570. The summed E-state index contributed by atoms with van der Waals surface area (Å²) < 4.78 is 5.39. The molecule has 1 rings (SSSR count). The van der Waals surface area contributed by atoms with Crippen LogP contribution in [0.25, 0.3) is 0 Å². The van der Waals surface area contributed by atoms with Gasteiger partial charge in [0.15, 0.2) is 17.4 Å². The molecule has 0 spiro atoms. The van der Waals surface area contributed by atoms with Crippen LogP contribution in [-0.4, -0.2) is 31.1 Å². The Morgan fingerprint density at radius 3 is 2.69 bits per heavy atom. The first-order valence-corrected chi connectivity index (χ1v) is 5.58. The van der Waals surface area contributed by atoms with Gasteiger partial charge in [-0.25, -0.2) is 0 Å². The van der Waals surface area contributed by atoms with E-state index in [1.165, 1.54) is 6.92 Å². The van der Waals surface area contributed by atoms with Gasteiger partial charge in [0.05, 0.1) is 0 Å². The fraction of sp³-hybridized carbons (Fsp3) is 0.583. The number of rotatable bonds is 7. The first kappa shape index (κ1) is 12.8. The Balaban J connectivity index is 2.40. The van der Waals surface area contributed by atoms with Gasteiger partial charge in [0.1, 0.15) is 0 Å². The Kier molecular flexibility index (Phi) is 5.05. The largest absolute Gasteiger partial charge is 0.437 e. The highest BCUT2D eigenvalue weighted by molar-refractivity contribution is 5.91. The molecule has 0 aliphatic heterocycles. The number of unbranched alkanes of at least 4 members (excludes halogenated alkanes) is 2. The second-order valence-electron chi connectivity index (χ2n) is 3.90. The summed E-state index contributed by atoms with van der Waals surface area (Å²) in [5, 5.41) is 8.64. The van der Waals surface area contributed by atoms with Crippen LogP contribution in [0.1, 0.15) is 36.7 Å². The molecule has 0 aliphatic carbocycles. The maximum atomic E-state index is 11.0. The van der Waals surface area contributed by atoms with E-state index in [0.717, 1.165) is 25.8 Å². The van der Waals surface area contributed by atoms with Gasteiger partial charge in [-0.1, -0.05) is 0 Å². The average molecular weight is 225 g/mol. The van der Waals surface area contributed by atoms with E-state index in [1.54, 1.807) is 6.07 Å². The number of anilines is 1. The number of aliphatic hydroxyl groups is 1. The first-order chi connectivity index (χ1) is 7.65. The molecule has 0 fully saturated rings. The second kappa shape index (κ2) is 6.33. The zero-order valence-corrected chi connectivity index (χ0v) is 9.90. The maximum Gasteiger partial charge on any atom is 0.196 e. The molecule has 0 saturated carbocycles. The van der Waals surface area contributed by atoms with Crippen molar-refractivity contribution < 1.29 is 14.3 Å². The van der Waals surface area contributed by atoms with Crippen molar-refractivity contribution in [2.24, 2.45) is 0 Å². The Bertz CT molecular complexity index is 333. The number of nitrogens with zero attached hydrogens (tertiary/aromatic N) is 1. The van der Waals surface area contributed by atoms with Crippen molar-refractivity contribution in [3.63, 3.8) is 0 Å². The standard InChI is InChI=1S/C12H19NO3/c1-10(15)11-6-7-12(16-11)13(2)8-4-3-5-9-14/h6-7,14H,3-5,8-9H2,1-2H3. The first-order valence-electron chi connectivity index (χ1n) is 5.58. The van der Waals surface area contributed by atoms with E-state index in [2.05, 4.69) is 0 Å². The van der Waals surface area contributed by atoms with E-state index in [9.17, 15) is 4.79 Å². The number of hydrogen-bond acceptors (Lipinski definition) is 4. The highest BCUT2D eigenvalue weighted by atomic mass is 16.4. The zero-order valence-electron chi connectivity index (χ0n) is 9.90. The molecule has 0 bridgehead atoms. The number of ketones is 1. The molecule has 1 aromatic rings. The minimum absolute atomic E-state index is 0.0556. The lowest BCUT2D eigenvalue weighted by molar-refractivity contribution is 0.0988. The Labute approximate surface area is 95.9 Å². The van der Waals surface area contributed by atoms with Gasteiger partial charge in [-0.15, -0.1) is 0 Å². The molecular weight excluding hydrogens is 206 g/mol. The van der Waals surface area contributed by atoms with Crippen molar-refractivity contribution in [2.45, 2.75) is 26.2 Å². The van der Waals surface area contributed by atoms with Crippen LogP contribution in [0.2, 0.25) is 0 Å². The van der Waals surface area contributed by atoms with Gasteiger partial charge in [0.2, 0.25) is 0 Å². The van der Waals surface area contributed by atoms with Gasteiger partial charge in [-0.2, -0.15) is 0 Å². The molecule has 0 aromatic carbocycles. The predicted octanol–water partition coefficient (Wildman–Crippen LogP) is 2.08. The number of carbonyl (C=O) groups excluding carboxylic acids is 1. The smallest absolute Gasteiger partial charge is 0.196 e. The van der Waals surface area contributed by atoms with Crippen LogP contribution in [-0.2, 0) is 0 Å². The lowest BCUT2D eigenvalue weighted by Crippen LogP contribution is -2.17. The molecule has 4 nitrogen and oxygen atoms in total. The summed E-state index contributed by atoms with van der Waals surface area (Å²) in [5.74, 6) is 1.06. The minimum atomic E-state index is -0.0556. The van der Waals surface area contributed by atoms with Gasteiger partial charge in [-0.3, -0.25) is 4.79 Å². The van der Waals surface area contributed by atoms with Crippen LogP contribution in [0.15, 0.2) is 16.5 Å². The highest BCUT2D eigenvalue weighted by Crippen LogP contribution is 2.18. The van der Waals surface area contributed by atoms with Gasteiger partial charge >= 0.3 is 0 Å². The van der Waals surface area contributed by atoms with Crippen LogP contribution in [0.4, 0.5) is 5.88 Å². The average Bonchev–Trinajstić information content (AvgIpc) is 2.73. The van der Waals surface area contributed by atoms with Crippen LogP contribution < -0.4 is 4.90 Å². The minimum Gasteiger partial charge on any atom is -0.437 e. The van der Waals surface area contributed by atoms with Crippen LogP contribution >= 0.6 is 0 Å². The van der Waals surface area contributed by atoms with E-state index in [4.69, 9.17) is 9.52 Å². The molecule has 0 unspecified atom stereocenters. The Hall–Kier alpha value is -1.29. The molecule has 1 aromatic heterocycles. The number of Topliss-reactive ketones (excluding diaryl/α,β-unsaturated/α-hetero) is 1. The SMILES string of the molecule is CC(=O)c1ccc(N(C)CCCCCO)o1. The van der Waals surface area contributed by atoms with Crippen LogP contribution in [0, 0.1) is 0 Å². The van der Waals surface area contributed by atoms with E-state index < -0.39 is 0 Å². The zero-order chi connectivity index (χ0) is 12.0.